The molecular weight excluding hydrogens is 353 g/mol. The predicted molar refractivity (Wildman–Crippen MR) is 97.3 cm³/mol. The molecule has 6 heteroatoms. The minimum absolute atomic E-state index is 0.0678. The third-order valence-corrected chi connectivity index (χ3v) is 5.48. The van der Waals surface area contributed by atoms with Crippen molar-refractivity contribution in [3.05, 3.63) is 70.4 Å². The third-order valence-electron chi connectivity index (χ3n) is 4.80. The van der Waals surface area contributed by atoms with Crippen LogP contribution in [0.2, 0.25) is 0 Å². The Labute approximate surface area is 154 Å². The topological polar surface area (TPSA) is 62.5 Å². The maximum atomic E-state index is 13.1. The molecule has 1 aromatic carbocycles. The Balaban J connectivity index is 1.39. The van der Waals surface area contributed by atoms with E-state index >= 15 is 0 Å². The molecule has 1 amide bonds. The lowest BCUT2D eigenvalue weighted by atomic mass is 9.95. The average Bonchev–Trinajstić information content (AvgIpc) is 3.07. The number of benzene rings is 1. The summed E-state index contributed by atoms with van der Waals surface area (Å²) >= 11 is 1.57. The van der Waals surface area contributed by atoms with Crippen LogP contribution in [-0.4, -0.2) is 17.6 Å². The van der Waals surface area contributed by atoms with Crippen molar-refractivity contribution >= 4 is 17.2 Å². The molecule has 0 aliphatic heterocycles. The molecule has 2 heterocycles. The Kier molecular flexibility index (Phi) is 4.38. The number of rotatable bonds is 6. The molecule has 4 nitrogen and oxygen atoms in total. The van der Waals surface area contributed by atoms with Gasteiger partial charge in [0.2, 0.25) is 5.91 Å². The van der Waals surface area contributed by atoms with Gasteiger partial charge < -0.3 is 14.8 Å². The van der Waals surface area contributed by atoms with E-state index in [0.717, 1.165) is 24.0 Å². The van der Waals surface area contributed by atoms with E-state index in [-0.39, 0.29) is 18.3 Å². The second-order valence-electron chi connectivity index (χ2n) is 6.53. The number of amides is 1. The van der Waals surface area contributed by atoms with E-state index in [4.69, 9.17) is 4.42 Å². The molecule has 134 valence electrons. The first kappa shape index (κ1) is 17.0. The van der Waals surface area contributed by atoms with Crippen molar-refractivity contribution in [2.45, 2.75) is 24.4 Å². The number of halogens is 1. The highest BCUT2D eigenvalue weighted by Gasteiger charge is 2.51. The van der Waals surface area contributed by atoms with Crippen molar-refractivity contribution in [1.82, 2.24) is 5.32 Å². The van der Waals surface area contributed by atoms with Crippen LogP contribution in [0.3, 0.4) is 0 Å². The highest BCUT2D eigenvalue weighted by molar-refractivity contribution is 7.08. The lowest BCUT2D eigenvalue weighted by molar-refractivity contribution is -0.124. The van der Waals surface area contributed by atoms with Crippen molar-refractivity contribution < 1.29 is 18.7 Å². The van der Waals surface area contributed by atoms with Crippen LogP contribution in [0.4, 0.5) is 4.39 Å². The summed E-state index contributed by atoms with van der Waals surface area (Å²) in [6.45, 7) is 0.0678. The number of aliphatic hydroxyl groups is 1. The van der Waals surface area contributed by atoms with E-state index in [2.05, 4.69) is 5.32 Å². The van der Waals surface area contributed by atoms with Gasteiger partial charge in [0.05, 0.1) is 12.0 Å². The minimum atomic E-state index is -0.921. The Morgan fingerprint density at radius 1 is 1.23 bits per heavy atom. The van der Waals surface area contributed by atoms with E-state index in [1.165, 1.54) is 12.1 Å². The molecule has 1 aliphatic carbocycles. The van der Waals surface area contributed by atoms with Crippen LogP contribution in [0.15, 0.2) is 57.6 Å². The molecule has 0 saturated heterocycles. The van der Waals surface area contributed by atoms with Gasteiger partial charge in [-0.2, -0.15) is 11.3 Å². The van der Waals surface area contributed by atoms with Crippen LogP contribution in [0.1, 0.15) is 30.3 Å². The fourth-order valence-electron chi connectivity index (χ4n) is 3.09. The molecule has 2 N–H and O–H groups in total. The number of nitrogens with one attached hydrogen (secondary N) is 1. The molecular formula is C20H18FNO3S. The normalized spacial score (nSPS) is 16.2. The molecule has 1 fully saturated rings. The molecule has 1 aliphatic rings. The van der Waals surface area contributed by atoms with Crippen molar-refractivity contribution in [1.29, 1.82) is 0 Å². The number of carbonyl (C=O) groups excluding carboxylic acids is 1. The average molecular weight is 371 g/mol. The summed E-state index contributed by atoms with van der Waals surface area (Å²) < 4.78 is 18.8. The Hall–Kier alpha value is -2.44. The van der Waals surface area contributed by atoms with Gasteiger partial charge in [-0.05, 0) is 54.1 Å². The summed E-state index contributed by atoms with van der Waals surface area (Å²) in [6.07, 6.45) is 0.531. The van der Waals surface area contributed by atoms with E-state index in [0.29, 0.717) is 11.5 Å². The zero-order valence-corrected chi connectivity index (χ0v) is 14.8. The lowest BCUT2D eigenvalue weighted by Crippen LogP contribution is -2.37. The lowest BCUT2D eigenvalue weighted by Gasteiger charge is -2.17. The summed E-state index contributed by atoms with van der Waals surface area (Å²) in [4.78, 5) is 12.6. The quantitative estimate of drug-likeness (QED) is 0.688. The second kappa shape index (κ2) is 6.70. The Morgan fingerprint density at radius 3 is 2.65 bits per heavy atom. The Bertz CT molecular complexity index is 898. The maximum Gasteiger partial charge on any atom is 0.230 e. The Morgan fingerprint density at radius 2 is 2.00 bits per heavy atom. The molecule has 26 heavy (non-hydrogen) atoms. The van der Waals surface area contributed by atoms with Crippen LogP contribution >= 0.6 is 11.3 Å². The van der Waals surface area contributed by atoms with Gasteiger partial charge in [0.1, 0.15) is 23.4 Å². The first-order valence-corrected chi connectivity index (χ1v) is 9.37. The van der Waals surface area contributed by atoms with Crippen LogP contribution in [0.25, 0.3) is 11.3 Å². The van der Waals surface area contributed by atoms with Crippen LogP contribution in [-0.2, 0) is 10.2 Å². The highest BCUT2D eigenvalue weighted by atomic mass is 32.1. The molecule has 3 aromatic rings. The summed E-state index contributed by atoms with van der Waals surface area (Å²) in [6, 6.07) is 11.5. The van der Waals surface area contributed by atoms with E-state index in [9.17, 15) is 14.3 Å². The molecule has 2 aromatic heterocycles. The molecule has 0 spiro atoms. The van der Waals surface area contributed by atoms with Gasteiger partial charge in [0.25, 0.3) is 0 Å². The van der Waals surface area contributed by atoms with Crippen LogP contribution in [0.5, 0.6) is 0 Å². The molecule has 0 radical (unpaired) electrons. The minimum Gasteiger partial charge on any atom is -0.458 e. The summed E-state index contributed by atoms with van der Waals surface area (Å²) in [5.41, 5.74) is 1.17. The molecule has 4 rings (SSSR count). The van der Waals surface area contributed by atoms with Crippen LogP contribution in [0, 0.1) is 5.82 Å². The first-order chi connectivity index (χ1) is 12.6. The van der Waals surface area contributed by atoms with Crippen molar-refractivity contribution in [3.63, 3.8) is 0 Å². The zero-order valence-electron chi connectivity index (χ0n) is 13.9. The molecule has 1 saturated carbocycles. The monoisotopic (exact) mass is 371 g/mol. The van der Waals surface area contributed by atoms with Gasteiger partial charge >= 0.3 is 0 Å². The number of aliphatic hydroxyl groups excluding tert-OH is 1. The highest BCUT2D eigenvalue weighted by Crippen LogP contribution is 2.48. The van der Waals surface area contributed by atoms with E-state index in [1.807, 2.05) is 22.9 Å². The molecule has 1 unspecified atom stereocenters. The summed E-state index contributed by atoms with van der Waals surface area (Å²) in [5.74, 6) is 0.641. The number of hydrogen-bond donors (Lipinski definition) is 2. The number of carbonyl (C=O) groups is 1. The maximum absolute atomic E-state index is 13.1. The standard InChI is InChI=1S/C20H18FNO3S/c21-15-3-1-14(2-4-15)20(8-9-20)19(24)22-11-16(23)18-6-5-17(25-18)13-7-10-26-12-13/h1-7,10,12,16,23H,8-9,11H2,(H,22,24). The van der Waals surface area contributed by atoms with E-state index in [1.54, 1.807) is 29.5 Å². The van der Waals surface area contributed by atoms with Crippen LogP contribution < -0.4 is 5.32 Å². The number of furan rings is 1. The molecule has 1 atom stereocenters. The van der Waals surface area contributed by atoms with Gasteiger partial charge in [-0.15, -0.1) is 0 Å². The van der Waals surface area contributed by atoms with Gasteiger partial charge in [-0.25, -0.2) is 4.39 Å². The van der Waals surface area contributed by atoms with Crippen molar-refractivity contribution in [3.8, 4) is 11.3 Å². The number of thiophene rings is 1. The van der Waals surface area contributed by atoms with E-state index < -0.39 is 11.5 Å². The fourth-order valence-corrected chi connectivity index (χ4v) is 3.74. The predicted octanol–water partition coefficient (Wildman–Crippen LogP) is 4.03. The third kappa shape index (κ3) is 3.18. The summed E-state index contributed by atoms with van der Waals surface area (Å²) in [7, 11) is 0. The summed E-state index contributed by atoms with van der Waals surface area (Å²) in [5, 5.41) is 17.0. The first-order valence-electron chi connectivity index (χ1n) is 8.43. The SMILES string of the molecule is O=C(NCC(O)c1ccc(-c2ccsc2)o1)C1(c2ccc(F)cc2)CC1. The largest absolute Gasteiger partial charge is 0.458 e. The zero-order chi connectivity index (χ0) is 18.1. The van der Waals surface area contributed by atoms with Gasteiger partial charge in [-0.1, -0.05) is 12.1 Å². The van der Waals surface area contributed by atoms with Crippen molar-refractivity contribution in [2.24, 2.45) is 0 Å². The second-order valence-corrected chi connectivity index (χ2v) is 7.31. The number of hydrogen-bond acceptors (Lipinski definition) is 4. The molecule has 0 bridgehead atoms. The van der Waals surface area contributed by atoms with Gasteiger partial charge in [0, 0.05) is 10.9 Å². The van der Waals surface area contributed by atoms with Gasteiger partial charge in [-0.3, -0.25) is 4.79 Å². The van der Waals surface area contributed by atoms with Crippen molar-refractivity contribution in [2.75, 3.05) is 6.54 Å². The smallest absolute Gasteiger partial charge is 0.230 e. The fraction of sp³-hybridized carbons (Fsp3) is 0.250. The van der Waals surface area contributed by atoms with Gasteiger partial charge in [0.15, 0.2) is 0 Å².